The Morgan fingerprint density at radius 3 is 2.33 bits per heavy atom. The number of hydrogen-bond donors (Lipinski definition) is 0. The molecule has 0 saturated heterocycles. The number of sulfone groups is 1. The summed E-state index contributed by atoms with van der Waals surface area (Å²) < 4.78 is 25.4. The van der Waals surface area contributed by atoms with Crippen molar-refractivity contribution in [3.05, 3.63) is 71.3 Å². The zero-order chi connectivity index (χ0) is 19.4. The van der Waals surface area contributed by atoms with Crippen molar-refractivity contribution < 1.29 is 13.2 Å². The van der Waals surface area contributed by atoms with E-state index in [1.54, 1.807) is 4.90 Å². The molecule has 27 heavy (non-hydrogen) atoms. The van der Waals surface area contributed by atoms with Crippen LogP contribution in [0.5, 0.6) is 0 Å². The molecule has 0 heterocycles. The first-order valence-electron chi connectivity index (χ1n) is 9.44. The molecule has 1 aliphatic carbocycles. The smallest absolute Gasteiger partial charge is 0.238 e. The first-order chi connectivity index (χ1) is 12.9. The van der Waals surface area contributed by atoms with E-state index in [9.17, 15) is 13.2 Å². The highest BCUT2D eigenvalue weighted by molar-refractivity contribution is 7.91. The van der Waals surface area contributed by atoms with Gasteiger partial charge >= 0.3 is 0 Å². The molecule has 4 nitrogen and oxygen atoms in total. The van der Waals surface area contributed by atoms with Gasteiger partial charge in [-0.1, -0.05) is 54.6 Å². The number of carbonyl (C=O) groups is 1. The quantitative estimate of drug-likeness (QED) is 0.696. The standard InChI is InChI=1S/C22H27NO3S/c1-17-8-6-7-11-21(17)15-27(25,26)16-22(24)23(18(2)20-12-13-20)14-19-9-4-3-5-10-19/h3-11,18,20H,12-16H2,1-2H3. The summed E-state index contributed by atoms with van der Waals surface area (Å²) in [7, 11) is -3.52. The largest absolute Gasteiger partial charge is 0.335 e. The molecule has 1 atom stereocenters. The van der Waals surface area contributed by atoms with Gasteiger partial charge in [-0.25, -0.2) is 8.42 Å². The molecule has 0 spiro atoms. The van der Waals surface area contributed by atoms with Gasteiger partial charge in [-0.15, -0.1) is 0 Å². The van der Waals surface area contributed by atoms with Crippen molar-refractivity contribution in [2.75, 3.05) is 5.75 Å². The lowest BCUT2D eigenvalue weighted by Crippen LogP contribution is -2.42. The van der Waals surface area contributed by atoms with Crippen LogP contribution in [0.15, 0.2) is 54.6 Å². The van der Waals surface area contributed by atoms with Gasteiger partial charge < -0.3 is 4.90 Å². The lowest BCUT2D eigenvalue weighted by atomic mass is 10.1. The summed E-state index contributed by atoms with van der Waals surface area (Å²) in [6.07, 6.45) is 2.21. The summed E-state index contributed by atoms with van der Waals surface area (Å²) in [5.41, 5.74) is 2.71. The number of benzene rings is 2. The molecule has 0 aliphatic heterocycles. The van der Waals surface area contributed by atoms with Crippen molar-refractivity contribution in [2.45, 2.75) is 45.0 Å². The maximum absolute atomic E-state index is 13.0. The third-order valence-electron chi connectivity index (χ3n) is 5.29. The summed E-state index contributed by atoms with van der Waals surface area (Å²) in [5.74, 6) is -0.350. The minimum Gasteiger partial charge on any atom is -0.335 e. The van der Waals surface area contributed by atoms with Crippen LogP contribution in [0.25, 0.3) is 0 Å². The van der Waals surface area contributed by atoms with Crippen LogP contribution in [0.1, 0.15) is 36.5 Å². The Balaban J connectivity index is 1.74. The van der Waals surface area contributed by atoms with Crippen LogP contribution < -0.4 is 0 Å². The second-order valence-electron chi connectivity index (χ2n) is 7.54. The Hall–Kier alpha value is -2.14. The summed E-state index contributed by atoms with van der Waals surface area (Å²) in [6.45, 7) is 4.38. The van der Waals surface area contributed by atoms with Gasteiger partial charge in [0.05, 0.1) is 5.75 Å². The highest BCUT2D eigenvalue weighted by Crippen LogP contribution is 2.35. The molecule has 2 aromatic carbocycles. The molecule has 1 unspecified atom stereocenters. The molecule has 1 aliphatic rings. The molecular weight excluding hydrogens is 358 g/mol. The molecule has 1 saturated carbocycles. The van der Waals surface area contributed by atoms with Crippen molar-refractivity contribution >= 4 is 15.7 Å². The summed E-state index contributed by atoms with van der Waals surface area (Å²) in [6, 6.07) is 17.2. The Morgan fingerprint density at radius 2 is 1.70 bits per heavy atom. The SMILES string of the molecule is Cc1ccccc1CS(=O)(=O)CC(=O)N(Cc1ccccc1)C(C)C1CC1. The highest BCUT2D eigenvalue weighted by atomic mass is 32.2. The van der Waals surface area contributed by atoms with E-state index in [1.165, 1.54) is 0 Å². The van der Waals surface area contributed by atoms with Crippen LogP contribution in [-0.4, -0.2) is 31.0 Å². The zero-order valence-electron chi connectivity index (χ0n) is 16.0. The number of hydrogen-bond acceptors (Lipinski definition) is 3. The molecule has 3 rings (SSSR count). The van der Waals surface area contributed by atoms with Crippen LogP contribution in [-0.2, 0) is 26.9 Å². The van der Waals surface area contributed by atoms with Crippen LogP contribution in [0.3, 0.4) is 0 Å². The topological polar surface area (TPSA) is 54.5 Å². The lowest BCUT2D eigenvalue weighted by Gasteiger charge is -2.29. The van der Waals surface area contributed by atoms with Crippen molar-refractivity contribution in [1.29, 1.82) is 0 Å². The van der Waals surface area contributed by atoms with E-state index in [-0.39, 0.29) is 17.7 Å². The second-order valence-corrected chi connectivity index (χ2v) is 9.61. The Morgan fingerprint density at radius 1 is 1.07 bits per heavy atom. The van der Waals surface area contributed by atoms with E-state index in [0.29, 0.717) is 12.5 Å². The molecular formula is C22H27NO3S. The number of rotatable bonds is 8. The van der Waals surface area contributed by atoms with E-state index in [4.69, 9.17) is 0 Å². The average molecular weight is 386 g/mol. The van der Waals surface area contributed by atoms with Crippen molar-refractivity contribution in [3.63, 3.8) is 0 Å². The third-order valence-corrected chi connectivity index (χ3v) is 6.73. The predicted octanol–water partition coefficient (Wildman–Crippen LogP) is 3.74. The van der Waals surface area contributed by atoms with E-state index in [0.717, 1.165) is 29.5 Å². The predicted molar refractivity (Wildman–Crippen MR) is 108 cm³/mol. The Labute approximate surface area is 162 Å². The maximum Gasteiger partial charge on any atom is 0.238 e. The molecule has 0 N–H and O–H groups in total. The first kappa shape index (κ1) is 19.6. The van der Waals surface area contributed by atoms with Crippen molar-refractivity contribution in [1.82, 2.24) is 4.90 Å². The minimum atomic E-state index is -3.52. The van der Waals surface area contributed by atoms with E-state index in [1.807, 2.05) is 68.4 Å². The van der Waals surface area contributed by atoms with Gasteiger partial charge in [-0.2, -0.15) is 0 Å². The first-order valence-corrected chi connectivity index (χ1v) is 11.3. The van der Waals surface area contributed by atoms with Crippen molar-refractivity contribution in [3.8, 4) is 0 Å². The number of aryl methyl sites for hydroxylation is 1. The van der Waals surface area contributed by atoms with Crippen LogP contribution in [0.4, 0.5) is 0 Å². The van der Waals surface area contributed by atoms with E-state index in [2.05, 4.69) is 0 Å². The maximum atomic E-state index is 13.0. The average Bonchev–Trinajstić information content (AvgIpc) is 3.46. The van der Waals surface area contributed by atoms with Crippen LogP contribution in [0.2, 0.25) is 0 Å². The second kappa shape index (κ2) is 8.26. The fourth-order valence-electron chi connectivity index (χ4n) is 3.40. The molecule has 2 aromatic rings. The van der Waals surface area contributed by atoms with Crippen LogP contribution >= 0.6 is 0 Å². The van der Waals surface area contributed by atoms with E-state index < -0.39 is 15.6 Å². The molecule has 0 aromatic heterocycles. The number of amides is 1. The van der Waals surface area contributed by atoms with E-state index >= 15 is 0 Å². The Kier molecular flexibility index (Phi) is 6.00. The fourth-order valence-corrected chi connectivity index (χ4v) is 4.85. The van der Waals surface area contributed by atoms with Crippen molar-refractivity contribution in [2.24, 2.45) is 5.92 Å². The molecule has 1 amide bonds. The summed E-state index contributed by atoms with van der Waals surface area (Å²) >= 11 is 0. The molecule has 5 heteroatoms. The molecule has 144 valence electrons. The van der Waals surface area contributed by atoms with Gasteiger partial charge in [-0.05, 0) is 49.3 Å². The molecule has 1 fully saturated rings. The van der Waals surface area contributed by atoms with Gasteiger partial charge in [0, 0.05) is 12.6 Å². The molecule has 0 bridgehead atoms. The van der Waals surface area contributed by atoms with Gasteiger partial charge in [-0.3, -0.25) is 4.79 Å². The summed E-state index contributed by atoms with van der Waals surface area (Å²) in [4.78, 5) is 14.7. The third kappa shape index (κ3) is 5.42. The highest BCUT2D eigenvalue weighted by Gasteiger charge is 2.35. The fraction of sp³-hybridized carbons (Fsp3) is 0.409. The monoisotopic (exact) mass is 385 g/mol. The Bertz CT molecular complexity index is 889. The normalized spacial score (nSPS) is 15.3. The van der Waals surface area contributed by atoms with Gasteiger partial charge in [0.2, 0.25) is 5.91 Å². The molecule has 0 radical (unpaired) electrons. The van der Waals surface area contributed by atoms with Gasteiger partial charge in [0.15, 0.2) is 9.84 Å². The van der Waals surface area contributed by atoms with Gasteiger partial charge in [0.25, 0.3) is 0 Å². The minimum absolute atomic E-state index is 0.0615. The summed E-state index contributed by atoms with van der Waals surface area (Å²) in [5, 5.41) is 0. The number of carbonyl (C=O) groups excluding carboxylic acids is 1. The lowest BCUT2D eigenvalue weighted by molar-refractivity contribution is -0.131. The van der Waals surface area contributed by atoms with Crippen LogP contribution in [0, 0.1) is 12.8 Å². The van der Waals surface area contributed by atoms with Gasteiger partial charge in [0.1, 0.15) is 5.75 Å². The zero-order valence-corrected chi connectivity index (χ0v) is 16.8. The number of nitrogens with zero attached hydrogens (tertiary/aromatic N) is 1.